The average Bonchev–Trinajstić information content (AvgIpc) is 2.98. The maximum atomic E-state index is 14.4. The highest BCUT2D eigenvalue weighted by atomic mass is 32.2. The maximum absolute atomic E-state index is 14.4. The molecule has 3 aromatic rings. The number of anilines is 1. The molecule has 1 heterocycles. The second-order valence-corrected chi connectivity index (χ2v) is 7.87. The first-order chi connectivity index (χ1) is 14.5. The molecule has 0 radical (unpaired) electrons. The lowest BCUT2D eigenvalue weighted by Crippen LogP contribution is -2.32. The van der Waals surface area contributed by atoms with E-state index in [9.17, 15) is 18.4 Å². The lowest BCUT2D eigenvalue weighted by Gasteiger charge is -2.16. The fraction of sp³-hybridized carbons (Fsp3) is 0.0833. The van der Waals surface area contributed by atoms with Crippen LogP contribution in [-0.2, 0) is 15.3 Å². The molecule has 2 amide bonds. The number of hydrogen-bond acceptors (Lipinski definition) is 3. The van der Waals surface area contributed by atoms with E-state index in [1.807, 2.05) is 49.4 Å². The number of rotatable bonds is 5. The van der Waals surface area contributed by atoms with Gasteiger partial charge in [-0.1, -0.05) is 60.2 Å². The topological polar surface area (TPSA) is 37.4 Å². The molecule has 0 aliphatic carbocycles. The second-order valence-electron chi connectivity index (χ2n) is 6.89. The summed E-state index contributed by atoms with van der Waals surface area (Å²) in [7, 11) is 0. The van der Waals surface area contributed by atoms with Crippen molar-refractivity contribution in [2.24, 2.45) is 0 Å². The van der Waals surface area contributed by atoms with Crippen LogP contribution in [0.1, 0.15) is 16.7 Å². The molecular weight excluding hydrogens is 404 g/mol. The number of thioether (sulfide) groups is 1. The van der Waals surface area contributed by atoms with Crippen LogP contribution in [0.2, 0.25) is 0 Å². The number of halogens is 2. The van der Waals surface area contributed by atoms with Crippen LogP contribution in [0.4, 0.5) is 14.5 Å². The fourth-order valence-corrected chi connectivity index (χ4v) is 4.30. The predicted molar refractivity (Wildman–Crippen MR) is 115 cm³/mol. The number of hydrogen-bond donors (Lipinski definition) is 0. The summed E-state index contributed by atoms with van der Waals surface area (Å²) in [5.74, 6) is -2.49. The van der Waals surface area contributed by atoms with Crippen molar-refractivity contribution in [2.45, 2.75) is 12.7 Å². The summed E-state index contributed by atoms with van der Waals surface area (Å²) in [4.78, 5) is 27.5. The van der Waals surface area contributed by atoms with E-state index >= 15 is 0 Å². The first-order valence-electron chi connectivity index (χ1n) is 9.27. The van der Waals surface area contributed by atoms with Gasteiger partial charge in [-0.15, -0.1) is 11.8 Å². The van der Waals surface area contributed by atoms with Gasteiger partial charge >= 0.3 is 0 Å². The zero-order valence-electron chi connectivity index (χ0n) is 16.1. The molecule has 0 saturated heterocycles. The van der Waals surface area contributed by atoms with Crippen LogP contribution in [0.3, 0.4) is 0 Å². The Kier molecular flexibility index (Phi) is 5.50. The van der Waals surface area contributed by atoms with E-state index in [1.165, 1.54) is 11.8 Å². The number of benzene rings is 3. The van der Waals surface area contributed by atoms with E-state index < -0.39 is 23.4 Å². The van der Waals surface area contributed by atoms with Crippen LogP contribution in [-0.4, -0.2) is 11.8 Å². The highest BCUT2D eigenvalue weighted by Crippen LogP contribution is 2.40. The molecule has 4 rings (SSSR count). The van der Waals surface area contributed by atoms with Gasteiger partial charge in [0, 0.05) is 11.8 Å². The van der Waals surface area contributed by atoms with Crippen LogP contribution < -0.4 is 4.90 Å². The third kappa shape index (κ3) is 3.78. The zero-order chi connectivity index (χ0) is 21.3. The van der Waals surface area contributed by atoms with Crippen molar-refractivity contribution in [1.82, 2.24) is 0 Å². The van der Waals surface area contributed by atoms with Crippen molar-refractivity contribution in [3.63, 3.8) is 0 Å². The number of amides is 2. The molecule has 6 heteroatoms. The van der Waals surface area contributed by atoms with E-state index in [-0.39, 0.29) is 16.2 Å². The number of aryl methyl sites for hydroxylation is 1. The number of nitrogens with zero attached hydrogens (tertiary/aromatic N) is 1. The minimum absolute atomic E-state index is 0.227. The van der Waals surface area contributed by atoms with Gasteiger partial charge in [0.25, 0.3) is 11.8 Å². The quantitative estimate of drug-likeness (QED) is 0.511. The molecule has 150 valence electrons. The smallest absolute Gasteiger partial charge is 0.268 e. The third-order valence-electron chi connectivity index (χ3n) is 4.76. The van der Waals surface area contributed by atoms with Gasteiger partial charge in [0.1, 0.15) is 11.6 Å². The Labute approximate surface area is 177 Å². The SMILES string of the molecule is Cc1ccc(C2=C(SCc3ccccc3)C(=O)N(c3ccc(F)cc3F)C2=O)cc1. The number of carbonyl (C=O) groups is 2. The number of imide groups is 1. The minimum Gasteiger partial charge on any atom is -0.268 e. The molecule has 0 spiro atoms. The molecule has 1 aliphatic rings. The van der Waals surface area contributed by atoms with Crippen LogP contribution in [0, 0.1) is 18.6 Å². The summed E-state index contributed by atoms with van der Waals surface area (Å²) >= 11 is 1.23. The van der Waals surface area contributed by atoms with Crippen molar-refractivity contribution in [2.75, 3.05) is 4.90 Å². The Morgan fingerprint density at radius 3 is 2.23 bits per heavy atom. The van der Waals surface area contributed by atoms with E-state index in [0.717, 1.165) is 28.2 Å². The van der Waals surface area contributed by atoms with Crippen LogP contribution in [0.25, 0.3) is 5.57 Å². The Morgan fingerprint density at radius 1 is 0.867 bits per heavy atom. The van der Waals surface area contributed by atoms with E-state index in [0.29, 0.717) is 17.4 Å². The Hall–Kier alpha value is -3.25. The van der Waals surface area contributed by atoms with E-state index in [4.69, 9.17) is 0 Å². The van der Waals surface area contributed by atoms with E-state index in [1.54, 1.807) is 12.1 Å². The second kappa shape index (κ2) is 8.24. The van der Waals surface area contributed by atoms with Crippen LogP contribution in [0.5, 0.6) is 0 Å². The van der Waals surface area contributed by atoms with Crippen LogP contribution in [0.15, 0.2) is 77.7 Å². The van der Waals surface area contributed by atoms with Crippen molar-refractivity contribution in [1.29, 1.82) is 0 Å². The van der Waals surface area contributed by atoms with E-state index in [2.05, 4.69) is 0 Å². The Bertz CT molecular complexity index is 1160. The predicted octanol–water partition coefficient (Wildman–Crippen LogP) is 5.49. The molecule has 0 unspecified atom stereocenters. The first kappa shape index (κ1) is 20.0. The van der Waals surface area contributed by atoms with Gasteiger partial charge in [-0.2, -0.15) is 0 Å². The highest BCUT2D eigenvalue weighted by Gasteiger charge is 2.41. The normalized spacial score (nSPS) is 14.0. The molecule has 0 aromatic heterocycles. The molecule has 0 atom stereocenters. The molecule has 0 N–H and O–H groups in total. The standard InChI is InChI=1S/C24H17F2NO2S/c1-15-7-9-17(10-8-15)21-22(30-14-16-5-3-2-4-6-16)24(29)27(23(21)28)20-12-11-18(25)13-19(20)26/h2-13H,14H2,1H3. The Balaban J connectivity index is 1.76. The summed E-state index contributed by atoms with van der Waals surface area (Å²) in [5, 5.41) is 0. The average molecular weight is 421 g/mol. The zero-order valence-corrected chi connectivity index (χ0v) is 16.9. The summed E-state index contributed by atoms with van der Waals surface area (Å²) < 4.78 is 27.7. The summed E-state index contributed by atoms with van der Waals surface area (Å²) in [6.45, 7) is 1.92. The van der Waals surface area contributed by atoms with Gasteiger partial charge in [0.05, 0.1) is 16.2 Å². The summed E-state index contributed by atoms with van der Waals surface area (Å²) in [6, 6.07) is 19.6. The van der Waals surface area contributed by atoms with Gasteiger partial charge in [0.2, 0.25) is 0 Å². The molecule has 0 saturated carbocycles. The lowest BCUT2D eigenvalue weighted by molar-refractivity contribution is -0.119. The summed E-state index contributed by atoms with van der Waals surface area (Å²) in [5.41, 5.74) is 2.55. The van der Waals surface area contributed by atoms with Crippen molar-refractivity contribution in [3.05, 3.63) is 106 Å². The molecule has 3 nitrogen and oxygen atoms in total. The monoisotopic (exact) mass is 421 g/mol. The van der Waals surface area contributed by atoms with Gasteiger partial charge in [-0.05, 0) is 30.2 Å². The van der Waals surface area contributed by atoms with Gasteiger partial charge in [-0.3, -0.25) is 9.59 Å². The minimum atomic E-state index is -0.964. The molecule has 0 fully saturated rings. The van der Waals surface area contributed by atoms with Crippen LogP contribution >= 0.6 is 11.8 Å². The van der Waals surface area contributed by atoms with Gasteiger partial charge < -0.3 is 0 Å². The first-order valence-corrected chi connectivity index (χ1v) is 10.3. The van der Waals surface area contributed by atoms with Crippen molar-refractivity contribution in [3.8, 4) is 0 Å². The Morgan fingerprint density at radius 2 is 1.57 bits per heavy atom. The summed E-state index contributed by atoms with van der Waals surface area (Å²) in [6.07, 6.45) is 0. The lowest BCUT2D eigenvalue weighted by atomic mass is 10.0. The maximum Gasteiger partial charge on any atom is 0.272 e. The molecule has 1 aliphatic heterocycles. The molecule has 30 heavy (non-hydrogen) atoms. The third-order valence-corrected chi connectivity index (χ3v) is 5.90. The van der Waals surface area contributed by atoms with Crippen molar-refractivity contribution >= 4 is 34.8 Å². The van der Waals surface area contributed by atoms with Crippen molar-refractivity contribution < 1.29 is 18.4 Å². The van der Waals surface area contributed by atoms with Gasteiger partial charge in [-0.25, -0.2) is 13.7 Å². The molecule has 0 bridgehead atoms. The highest BCUT2D eigenvalue weighted by molar-refractivity contribution is 8.03. The molecule has 3 aromatic carbocycles. The van der Waals surface area contributed by atoms with Gasteiger partial charge in [0.15, 0.2) is 0 Å². The number of carbonyl (C=O) groups excluding carboxylic acids is 2. The largest absolute Gasteiger partial charge is 0.272 e. The molecular formula is C24H17F2NO2S. The fourth-order valence-electron chi connectivity index (χ4n) is 3.23.